The highest BCUT2D eigenvalue weighted by molar-refractivity contribution is 7.93. The molecule has 0 bridgehead atoms. The zero-order valence-corrected chi connectivity index (χ0v) is 22.2. The molecule has 0 aliphatic rings. The number of anilines is 2. The fraction of sp³-hybridized carbons (Fsp3) is 0.0769. The lowest BCUT2D eigenvalue weighted by molar-refractivity contribution is -0.138. The summed E-state index contributed by atoms with van der Waals surface area (Å²) in [7, 11) is -9.67. The van der Waals surface area contributed by atoms with E-state index in [2.05, 4.69) is 0 Å². The van der Waals surface area contributed by atoms with Crippen molar-refractivity contribution in [2.45, 2.75) is 22.1 Å². The molecule has 0 atom stereocenters. The second kappa shape index (κ2) is 10.9. The molecule has 16 heteroatoms. The largest absolute Gasteiger partial charge is 0.416 e. The first-order valence-corrected chi connectivity index (χ1v) is 14.3. The predicted molar refractivity (Wildman–Crippen MR) is 136 cm³/mol. The quantitative estimate of drug-likeness (QED) is 0.209. The first-order chi connectivity index (χ1) is 19.3. The Labute approximate surface area is 233 Å². The SMILES string of the molecule is O=S(=O)(Nc1ccc(-c2cc(F)cc(F)c2)cc1NS(=O)(=O)c1cccc(C(F)(F)F)c1)c1cccc(C(F)(F)F)c1. The summed E-state index contributed by atoms with van der Waals surface area (Å²) in [5.74, 6) is -2.02. The second-order valence-electron chi connectivity index (χ2n) is 8.68. The molecule has 2 N–H and O–H groups in total. The highest BCUT2D eigenvalue weighted by atomic mass is 32.2. The summed E-state index contributed by atoms with van der Waals surface area (Å²) in [5, 5.41) is 0. The zero-order chi connectivity index (χ0) is 31.1. The van der Waals surface area contributed by atoms with Gasteiger partial charge in [0.2, 0.25) is 0 Å². The van der Waals surface area contributed by atoms with Gasteiger partial charge < -0.3 is 0 Å². The van der Waals surface area contributed by atoms with Crippen LogP contribution in [0.1, 0.15) is 11.1 Å². The summed E-state index contributed by atoms with van der Waals surface area (Å²) in [6.07, 6.45) is -9.79. The molecule has 0 aliphatic heterocycles. The summed E-state index contributed by atoms with van der Waals surface area (Å²) >= 11 is 0. The van der Waals surface area contributed by atoms with Gasteiger partial charge in [0, 0.05) is 6.07 Å². The van der Waals surface area contributed by atoms with Crippen molar-refractivity contribution in [2.24, 2.45) is 0 Å². The van der Waals surface area contributed by atoms with Crippen LogP contribution < -0.4 is 9.44 Å². The molecule has 222 valence electrons. The molecule has 4 aromatic carbocycles. The van der Waals surface area contributed by atoms with Crippen LogP contribution in [0, 0.1) is 11.6 Å². The van der Waals surface area contributed by atoms with Crippen molar-refractivity contribution in [3.05, 3.63) is 108 Å². The van der Waals surface area contributed by atoms with Crippen LogP contribution in [0.5, 0.6) is 0 Å². The summed E-state index contributed by atoms with van der Waals surface area (Å²) in [5.41, 5.74) is -3.97. The fourth-order valence-electron chi connectivity index (χ4n) is 3.70. The van der Waals surface area contributed by atoms with Gasteiger partial charge in [-0.3, -0.25) is 9.44 Å². The van der Waals surface area contributed by atoms with E-state index in [9.17, 15) is 52.0 Å². The monoisotopic (exact) mass is 636 g/mol. The Bertz CT molecular complexity index is 1850. The van der Waals surface area contributed by atoms with Crippen molar-refractivity contribution in [1.29, 1.82) is 0 Å². The van der Waals surface area contributed by atoms with Crippen LogP contribution in [0.3, 0.4) is 0 Å². The third-order valence-electron chi connectivity index (χ3n) is 5.65. The summed E-state index contributed by atoms with van der Waals surface area (Å²) < 4.78 is 163. The lowest BCUT2D eigenvalue weighted by Crippen LogP contribution is -2.18. The van der Waals surface area contributed by atoms with Crippen molar-refractivity contribution < 1.29 is 52.0 Å². The van der Waals surface area contributed by atoms with Crippen molar-refractivity contribution in [3.63, 3.8) is 0 Å². The molecular weight excluding hydrogens is 620 g/mol. The Kier molecular flexibility index (Phi) is 7.99. The highest BCUT2D eigenvalue weighted by Crippen LogP contribution is 2.36. The standard InChI is InChI=1S/C26H16F8N2O4S2/c27-19-9-16(10-20(28)14-19)15-7-8-23(35-41(37,38)21-5-1-3-17(12-21)25(29,30)31)24(11-15)36-42(39,40)22-6-2-4-18(13-22)26(32,33)34/h1-14,35-36H. The molecule has 0 heterocycles. The maximum Gasteiger partial charge on any atom is 0.416 e. The smallest absolute Gasteiger partial charge is 0.277 e. The first kappa shape index (κ1) is 30.8. The molecule has 0 saturated carbocycles. The van der Waals surface area contributed by atoms with Crippen LogP contribution >= 0.6 is 0 Å². The Hall–Kier alpha value is -4.18. The lowest BCUT2D eigenvalue weighted by Gasteiger charge is -2.17. The minimum absolute atomic E-state index is 0.0582. The van der Waals surface area contributed by atoms with E-state index in [-0.39, 0.29) is 11.1 Å². The van der Waals surface area contributed by atoms with Gasteiger partial charge in [0.1, 0.15) is 11.6 Å². The molecule has 4 aromatic rings. The van der Waals surface area contributed by atoms with Crippen molar-refractivity contribution in [2.75, 3.05) is 9.44 Å². The maximum absolute atomic E-state index is 13.8. The molecule has 0 spiro atoms. The number of halogens is 8. The van der Waals surface area contributed by atoms with Gasteiger partial charge in [-0.2, -0.15) is 26.3 Å². The van der Waals surface area contributed by atoms with E-state index in [0.29, 0.717) is 30.3 Å². The van der Waals surface area contributed by atoms with Gasteiger partial charge >= 0.3 is 12.4 Å². The van der Waals surface area contributed by atoms with Gasteiger partial charge in [0.05, 0.1) is 32.3 Å². The molecule has 0 saturated heterocycles. The van der Waals surface area contributed by atoms with Crippen molar-refractivity contribution in [3.8, 4) is 11.1 Å². The second-order valence-corrected chi connectivity index (χ2v) is 12.0. The number of nitrogens with one attached hydrogen (secondary N) is 2. The van der Waals surface area contributed by atoms with E-state index in [1.165, 1.54) is 0 Å². The van der Waals surface area contributed by atoms with E-state index < -0.39 is 76.3 Å². The van der Waals surface area contributed by atoms with Gasteiger partial charge in [-0.05, 0) is 71.8 Å². The Morgan fingerprint density at radius 3 is 1.40 bits per heavy atom. The van der Waals surface area contributed by atoms with Crippen LogP contribution in [0.25, 0.3) is 11.1 Å². The van der Waals surface area contributed by atoms with E-state index in [0.717, 1.165) is 54.6 Å². The summed E-state index contributed by atoms with van der Waals surface area (Å²) in [6.45, 7) is 0. The number of hydrogen-bond donors (Lipinski definition) is 2. The molecule has 0 aliphatic carbocycles. The zero-order valence-electron chi connectivity index (χ0n) is 20.6. The van der Waals surface area contributed by atoms with Crippen molar-refractivity contribution in [1.82, 2.24) is 0 Å². The van der Waals surface area contributed by atoms with Crippen LogP contribution in [-0.2, 0) is 32.4 Å². The van der Waals surface area contributed by atoms with E-state index in [1.54, 1.807) is 0 Å². The molecular formula is C26H16F8N2O4S2. The minimum atomic E-state index is -4.90. The number of sulfonamides is 2. The molecule has 0 radical (unpaired) electrons. The Morgan fingerprint density at radius 2 is 0.952 bits per heavy atom. The van der Waals surface area contributed by atoms with Crippen LogP contribution in [-0.4, -0.2) is 16.8 Å². The third-order valence-corrected chi connectivity index (χ3v) is 8.37. The van der Waals surface area contributed by atoms with Gasteiger partial charge in [-0.15, -0.1) is 0 Å². The lowest BCUT2D eigenvalue weighted by atomic mass is 10.0. The van der Waals surface area contributed by atoms with Crippen LogP contribution in [0.15, 0.2) is 94.7 Å². The number of alkyl halides is 6. The molecule has 0 amide bonds. The van der Waals surface area contributed by atoms with Crippen LogP contribution in [0.4, 0.5) is 46.5 Å². The highest BCUT2D eigenvalue weighted by Gasteiger charge is 2.33. The van der Waals surface area contributed by atoms with Gasteiger partial charge in [-0.1, -0.05) is 18.2 Å². The molecule has 0 unspecified atom stereocenters. The van der Waals surface area contributed by atoms with E-state index >= 15 is 0 Å². The van der Waals surface area contributed by atoms with Crippen LogP contribution in [0.2, 0.25) is 0 Å². The van der Waals surface area contributed by atoms with Crippen molar-refractivity contribution >= 4 is 31.4 Å². The molecule has 0 aromatic heterocycles. The fourth-order valence-corrected chi connectivity index (χ4v) is 5.95. The minimum Gasteiger partial charge on any atom is -0.277 e. The summed E-state index contributed by atoms with van der Waals surface area (Å²) in [4.78, 5) is -1.72. The summed E-state index contributed by atoms with van der Waals surface area (Å²) in [6, 6.07) is 10.5. The van der Waals surface area contributed by atoms with E-state index in [1.807, 2.05) is 9.44 Å². The molecule has 6 nitrogen and oxygen atoms in total. The average molecular weight is 637 g/mol. The normalized spacial score (nSPS) is 12.7. The van der Waals surface area contributed by atoms with Gasteiger partial charge in [-0.25, -0.2) is 25.6 Å². The van der Waals surface area contributed by atoms with Gasteiger partial charge in [0.25, 0.3) is 20.0 Å². The average Bonchev–Trinajstić information content (AvgIpc) is 2.88. The van der Waals surface area contributed by atoms with Gasteiger partial charge in [0.15, 0.2) is 0 Å². The predicted octanol–water partition coefficient (Wildman–Crippen LogP) is 7.27. The number of rotatable bonds is 7. The number of benzene rings is 4. The maximum atomic E-state index is 13.8. The molecule has 42 heavy (non-hydrogen) atoms. The topological polar surface area (TPSA) is 92.3 Å². The molecule has 0 fully saturated rings. The van der Waals surface area contributed by atoms with E-state index in [4.69, 9.17) is 0 Å². The first-order valence-electron chi connectivity index (χ1n) is 11.4. The number of hydrogen-bond acceptors (Lipinski definition) is 4. The Morgan fingerprint density at radius 1 is 0.500 bits per heavy atom. The molecule has 4 rings (SSSR count). The Balaban J connectivity index is 1.82. The third kappa shape index (κ3) is 6.99.